The molecule has 0 aliphatic heterocycles. The Hall–Kier alpha value is -2.10. The molecule has 1 aromatic heterocycles. The standard InChI is InChI=1S/C17H20N2O2/c1-11-3-5-14(6-4-11)17-19-15(12(2)21-17)9-10-18-16(20)13-7-8-13/h3-6,13H,7-10H2,1-2H3,(H,18,20). The Kier molecular flexibility index (Phi) is 3.78. The molecule has 0 atom stereocenters. The average Bonchev–Trinajstić information content (AvgIpc) is 3.25. The van der Waals surface area contributed by atoms with Gasteiger partial charge in [0.2, 0.25) is 11.8 Å². The number of benzene rings is 1. The van der Waals surface area contributed by atoms with Crippen molar-refractivity contribution in [3.05, 3.63) is 41.3 Å². The number of nitrogens with one attached hydrogen (secondary N) is 1. The fourth-order valence-corrected chi connectivity index (χ4v) is 2.27. The van der Waals surface area contributed by atoms with Crippen LogP contribution in [0.1, 0.15) is 29.9 Å². The van der Waals surface area contributed by atoms with Gasteiger partial charge in [-0.1, -0.05) is 17.7 Å². The number of amides is 1. The van der Waals surface area contributed by atoms with Gasteiger partial charge < -0.3 is 9.73 Å². The lowest BCUT2D eigenvalue weighted by molar-refractivity contribution is -0.122. The van der Waals surface area contributed by atoms with E-state index in [2.05, 4.69) is 17.2 Å². The summed E-state index contributed by atoms with van der Waals surface area (Å²) < 4.78 is 5.73. The first-order valence-corrected chi connectivity index (χ1v) is 7.44. The summed E-state index contributed by atoms with van der Waals surface area (Å²) >= 11 is 0. The molecule has 4 nitrogen and oxygen atoms in total. The Morgan fingerprint density at radius 1 is 1.29 bits per heavy atom. The number of rotatable bonds is 5. The average molecular weight is 284 g/mol. The molecule has 1 fully saturated rings. The van der Waals surface area contributed by atoms with Crippen molar-refractivity contribution in [2.24, 2.45) is 5.92 Å². The third-order valence-electron chi connectivity index (χ3n) is 3.80. The molecule has 4 heteroatoms. The normalized spacial score (nSPS) is 14.2. The topological polar surface area (TPSA) is 55.1 Å². The van der Waals surface area contributed by atoms with E-state index in [1.807, 2.05) is 31.2 Å². The van der Waals surface area contributed by atoms with Crippen LogP contribution in [0.3, 0.4) is 0 Å². The van der Waals surface area contributed by atoms with Crippen molar-refractivity contribution >= 4 is 5.91 Å². The summed E-state index contributed by atoms with van der Waals surface area (Å²) in [7, 11) is 0. The predicted octanol–water partition coefficient (Wildman–Crippen LogP) is 3.03. The van der Waals surface area contributed by atoms with E-state index in [9.17, 15) is 4.79 Å². The first-order valence-electron chi connectivity index (χ1n) is 7.44. The van der Waals surface area contributed by atoms with Crippen LogP contribution in [0.25, 0.3) is 11.5 Å². The maximum absolute atomic E-state index is 11.6. The van der Waals surface area contributed by atoms with Crippen molar-refractivity contribution in [3.8, 4) is 11.5 Å². The summed E-state index contributed by atoms with van der Waals surface area (Å²) in [6, 6.07) is 8.12. The number of hydrogen-bond donors (Lipinski definition) is 1. The predicted molar refractivity (Wildman–Crippen MR) is 80.9 cm³/mol. The van der Waals surface area contributed by atoms with Crippen LogP contribution in [-0.4, -0.2) is 17.4 Å². The van der Waals surface area contributed by atoms with Crippen molar-refractivity contribution in [2.45, 2.75) is 33.1 Å². The molecule has 3 rings (SSSR count). The van der Waals surface area contributed by atoms with Gasteiger partial charge in [0.25, 0.3) is 0 Å². The van der Waals surface area contributed by atoms with E-state index >= 15 is 0 Å². The van der Waals surface area contributed by atoms with E-state index in [1.54, 1.807) is 0 Å². The monoisotopic (exact) mass is 284 g/mol. The first kappa shape index (κ1) is 13.9. The number of oxazole rings is 1. The van der Waals surface area contributed by atoms with Crippen molar-refractivity contribution in [1.29, 1.82) is 0 Å². The maximum atomic E-state index is 11.6. The summed E-state index contributed by atoms with van der Waals surface area (Å²) in [6.07, 6.45) is 2.78. The van der Waals surface area contributed by atoms with Crippen LogP contribution in [-0.2, 0) is 11.2 Å². The quantitative estimate of drug-likeness (QED) is 0.918. The second kappa shape index (κ2) is 5.72. The highest BCUT2D eigenvalue weighted by Gasteiger charge is 2.29. The van der Waals surface area contributed by atoms with Gasteiger partial charge in [0, 0.05) is 24.4 Å². The lowest BCUT2D eigenvalue weighted by Gasteiger charge is -2.01. The molecule has 0 bridgehead atoms. The van der Waals surface area contributed by atoms with Gasteiger partial charge in [0.1, 0.15) is 5.76 Å². The number of aryl methyl sites for hydroxylation is 2. The zero-order chi connectivity index (χ0) is 14.8. The highest BCUT2D eigenvalue weighted by atomic mass is 16.4. The minimum atomic E-state index is 0.176. The first-order chi connectivity index (χ1) is 10.1. The summed E-state index contributed by atoms with van der Waals surface area (Å²) in [5.74, 6) is 1.91. The number of aromatic nitrogens is 1. The third-order valence-corrected chi connectivity index (χ3v) is 3.80. The van der Waals surface area contributed by atoms with Crippen LogP contribution >= 0.6 is 0 Å². The lowest BCUT2D eigenvalue weighted by Crippen LogP contribution is -2.27. The van der Waals surface area contributed by atoms with Crippen LogP contribution in [0.2, 0.25) is 0 Å². The Labute approximate surface area is 124 Å². The molecule has 1 aromatic carbocycles. The molecule has 0 unspecified atom stereocenters. The molecule has 1 N–H and O–H groups in total. The minimum Gasteiger partial charge on any atom is -0.441 e. The number of hydrogen-bond acceptors (Lipinski definition) is 3. The molecule has 1 heterocycles. The molecule has 1 saturated carbocycles. The highest BCUT2D eigenvalue weighted by Crippen LogP contribution is 2.28. The van der Waals surface area contributed by atoms with E-state index in [4.69, 9.17) is 4.42 Å². The Balaban J connectivity index is 1.63. The zero-order valence-corrected chi connectivity index (χ0v) is 12.5. The number of nitrogens with zero attached hydrogens (tertiary/aromatic N) is 1. The molecule has 1 aliphatic carbocycles. The van der Waals surface area contributed by atoms with Gasteiger partial charge in [-0.15, -0.1) is 0 Å². The molecule has 0 saturated heterocycles. The van der Waals surface area contributed by atoms with Crippen molar-refractivity contribution < 1.29 is 9.21 Å². The number of carbonyl (C=O) groups is 1. The summed E-state index contributed by atoms with van der Waals surface area (Å²) in [4.78, 5) is 16.1. The Morgan fingerprint density at radius 2 is 2.00 bits per heavy atom. The van der Waals surface area contributed by atoms with E-state index in [1.165, 1.54) is 5.56 Å². The van der Waals surface area contributed by atoms with Gasteiger partial charge in [0.05, 0.1) is 5.69 Å². The third kappa shape index (κ3) is 3.32. The molecular formula is C17H20N2O2. The maximum Gasteiger partial charge on any atom is 0.226 e. The Bertz CT molecular complexity index is 639. The Morgan fingerprint density at radius 3 is 2.67 bits per heavy atom. The summed E-state index contributed by atoms with van der Waals surface area (Å²) in [5.41, 5.74) is 3.11. The fraction of sp³-hybridized carbons (Fsp3) is 0.412. The van der Waals surface area contributed by atoms with Crippen LogP contribution in [0, 0.1) is 19.8 Å². The SMILES string of the molecule is Cc1ccc(-c2nc(CCNC(=O)C3CC3)c(C)o2)cc1. The van der Waals surface area contributed by atoms with Gasteiger partial charge in [-0.05, 0) is 38.8 Å². The molecule has 0 radical (unpaired) electrons. The van der Waals surface area contributed by atoms with Crippen LogP contribution in [0.15, 0.2) is 28.7 Å². The lowest BCUT2D eigenvalue weighted by atomic mass is 10.1. The van der Waals surface area contributed by atoms with E-state index in [0.29, 0.717) is 18.9 Å². The second-order valence-corrected chi connectivity index (χ2v) is 5.70. The summed E-state index contributed by atoms with van der Waals surface area (Å²) in [6.45, 7) is 4.59. The van der Waals surface area contributed by atoms with E-state index in [0.717, 1.165) is 29.9 Å². The van der Waals surface area contributed by atoms with Gasteiger partial charge in [-0.2, -0.15) is 0 Å². The van der Waals surface area contributed by atoms with Crippen LogP contribution in [0.4, 0.5) is 0 Å². The number of carbonyl (C=O) groups excluding carboxylic acids is 1. The second-order valence-electron chi connectivity index (χ2n) is 5.70. The fourth-order valence-electron chi connectivity index (χ4n) is 2.27. The zero-order valence-electron chi connectivity index (χ0n) is 12.5. The molecule has 0 spiro atoms. The van der Waals surface area contributed by atoms with Crippen LogP contribution < -0.4 is 5.32 Å². The minimum absolute atomic E-state index is 0.176. The van der Waals surface area contributed by atoms with Gasteiger partial charge in [-0.3, -0.25) is 4.79 Å². The molecule has 2 aromatic rings. The smallest absolute Gasteiger partial charge is 0.226 e. The van der Waals surface area contributed by atoms with Crippen molar-refractivity contribution in [2.75, 3.05) is 6.54 Å². The molecular weight excluding hydrogens is 264 g/mol. The van der Waals surface area contributed by atoms with E-state index < -0.39 is 0 Å². The van der Waals surface area contributed by atoms with Gasteiger partial charge >= 0.3 is 0 Å². The molecule has 1 aliphatic rings. The molecule has 21 heavy (non-hydrogen) atoms. The van der Waals surface area contributed by atoms with Crippen molar-refractivity contribution in [1.82, 2.24) is 10.3 Å². The molecule has 110 valence electrons. The van der Waals surface area contributed by atoms with Crippen molar-refractivity contribution in [3.63, 3.8) is 0 Å². The van der Waals surface area contributed by atoms with Gasteiger partial charge in [0.15, 0.2) is 0 Å². The highest BCUT2D eigenvalue weighted by molar-refractivity contribution is 5.80. The summed E-state index contributed by atoms with van der Waals surface area (Å²) in [5, 5.41) is 2.96. The van der Waals surface area contributed by atoms with Crippen LogP contribution in [0.5, 0.6) is 0 Å². The molecule has 1 amide bonds. The largest absolute Gasteiger partial charge is 0.441 e. The van der Waals surface area contributed by atoms with Gasteiger partial charge in [-0.25, -0.2) is 4.98 Å². The van der Waals surface area contributed by atoms with E-state index in [-0.39, 0.29) is 11.8 Å².